The summed E-state index contributed by atoms with van der Waals surface area (Å²) in [5.74, 6) is 0.141. The zero-order chi connectivity index (χ0) is 13.5. The van der Waals surface area contributed by atoms with Gasteiger partial charge in [-0.1, -0.05) is 18.2 Å². The lowest BCUT2D eigenvalue weighted by Crippen LogP contribution is -2.40. The van der Waals surface area contributed by atoms with Gasteiger partial charge in [0.25, 0.3) is 0 Å². The molecule has 1 saturated heterocycles. The summed E-state index contributed by atoms with van der Waals surface area (Å²) in [4.78, 5) is 16.3. The lowest BCUT2D eigenvalue weighted by molar-refractivity contribution is -0.119. The number of hydrogen-bond donors (Lipinski definition) is 1. The van der Waals surface area contributed by atoms with E-state index in [4.69, 9.17) is 0 Å². The van der Waals surface area contributed by atoms with Gasteiger partial charge in [0.15, 0.2) is 0 Å². The quantitative estimate of drug-likeness (QED) is 0.864. The summed E-state index contributed by atoms with van der Waals surface area (Å²) >= 11 is 0. The molecule has 2 aliphatic heterocycles. The smallest absolute Gasteiger partial charge is 0.241 e. The zero-order valence-electron chi connectivity index (χ0n) is 11.3. The Bertz CT molecular complexity index is 499. The van der Waals surface area contributed by atoms with Crippen molar-refractivity contribution in [1.29, 1.82) is 0 Å². The van der Waals surface area contributed by atoms with Gasteiger partial charge in [-0.05, 0) is 31.4 Å². The molecular formula is C15H20N2O2. The van der Waals surface area contributed by atoms with Gasteiger partial charge in [0.05, 0.1) is 12.1 Å². The van der Waals surface area contributed by atoms with Crippen LogP contribution in [0, 0.1) is 0 Å². The maximum Gasteiger partial charge on any atom is 0.241 e. The van der Waals surface area contributed by atoms with Crippen LogP contribution in [0.4, 0.5) is 5.69 Å². The van der Waals surface area contributed by atoms with Gasteiger partial charge < -0.3 is 10.0 Å². The molecule has 1 amide bonds. The minimum Gasteiger partial charge on any atom is -0.389 e. The van der Waals surface area contributed by atoms with E-state index in [0.717, 1.165) is 31.6 Å². The highest BCUT2D eigenvalue weighted by atomic mass is 16.3. The minimum atomic E-state index is -0.636. The molecule has 1 fully saturated rings. The van der Waals surface area contributed by atoms with Crippen LogP contribution in [-0.2, 0) is 11.2 Å². The summed E-state index contributed by atoms with van der Waals surface area (Å²) < 4.78 is 0. The number of amides is 1. The van der Waals surface area contributed by atoms with Crippen molar-refractivity contribution in [3.63, 3.8) is 0 Å². The maximum absolute atomic E-state index is 12.4. The number of para-hydroxylation sites is 1. The van der Waals surface area contributed by atoms with Gasteiger partial charge in [-0.3, -0.25) is 9.69 Å². The summed E-state index contributed by atoms with van der Waals surface area (Å²) in [5.41, 5.74) is 1.67. The minimum absolute atomic E-state index is 0.141. The Morgan fingerprint density at radius 2 is 2.16 bits per heavy atom. The first kappa shape index (κ1) is 12.6. The molecule has 4 nitrogen and oxygen atoms in total. The molecule has 1 atom stereocenters. The summed E-state index contributed by atoms with van der Waals surface area (Å²) in [6, 6.07) is 8.10. The highest BCUT2D eigenvalue weighted by Gasteiger charge is 2.33. The number of carbonyl (C=O) groups is 1. The average molecular weight is 260 g/mol. The molecule has 1 unspecified atom stereocenters. The molecule has 2 heterocycles. The summed E-state index contributed by atoms with van der Waals surface area (Å²) in [7, 11) is 0. The van der Waals surface area contributed by atoms with Crippen LogP contribution >= 0.6 is 0 Å². The SMILES string of the molecule is CC1(O)CCN(CC(=O)N2CCc3ccccc32)C1. The largest absolute Gasteiger partial charge is 0.389 e. The highest BCUT2D eigenvalue weighted by Crippen LogP contribution is 2.28. The van der Waals surface area contributed by atoms with E-state index in [2.05, 4.69) is 6.07 Å². The summed E-state index contributed by atoms with van der Waals surface area (Å²) in [6.45, 7) is 4.41. The molecule has 0 spiro atoms. The molecule has 1 aromatic rings. The second kappa shape index (κ2) is 4.62. The van der Waals surface area contributed by atoms with E-state index in [0.29, 0.717) is 13.1 Å². The number of benzene rings is 1. The van der Waals surface area contributed by atoms with Gasteiger partial charge in [0, 0.05) is 25.3 Å². The number of β-amino-alcohol motifs (C(OH)–C–C–N with tert-alkyl or cyclic N) is 1. The van der Waals surface area contributed by atoms with Crippen molar-refractivity contribution < 1.29 is 9.90 Å². The van der Waals surface area contributed by atoms with Crippen LogP contribution in [-0.4, -0.2) is 47.7 Å². The Morgan fingerprint density at radius 1 is 1.37 bits per heavy atom. The standard InChI is InChI=1S/C15H20N2O2/c1-15(19)7-9-16(11-15)10-14(18)17-8-6-12-4-2-3-5-13(12)17/h2-5,19H,6-11H2,1H3. The maximum atomic E-state index is 12.4. The third-order valence-corrected chi connectivity index (χ3v) is 4.08. The van der Waals surface area contributed by atoms with Gasteiger partial charge in [-0.15, -0.1) is 0 Å². The van der Waals surface area contributed by atoms with Crippen molar-refractivity contribution in [3.8, 4) is 0 Å². The number of hydrogen-bond acceptors (Lipinski definition) is 3. The van der Waals surface area contributed by atoms with Crippen molar-refractivity contribution in [2.24, 2.45) is 0 Å². The van der Waals surface area contributed by atoms with Gasteiger partial charge in [-0.25, -0.2) is 0 Å². The van der Waals surface area contributed by atoms with Crippen molar-refractivity contribution >= 4 is 11.6 Å². The van der Waals surface area contributed by atoms with E-state index in [-0.39, 0.29) is 5.91 Å². The van der Waals surface area contributed by atoms with Gasteiger partial charge in [0.2, 0.25) is 5.91 Å². The molecule has 3 rings (SSSR count). The van der Waals surface area contributed by atoms with E-state index >= 15 is 0 Å². The molecule has 102 valence electrons. The lowest BCUT2D eigenvalue weighted by Gasteiger charge is -2.22. The van der Waals surface area contributed by atoms with Crippen LogP contribution in [0.15, 0.2) is 24.3 Å². The first-order valence-electron chi connectivity index (χ1n) is 6.88. The Hall–Kier alpha value is -1.39. The predicted molar refractivity (Wildman–Crippen MR) is 74.2 cm³/mol. The zero-order valence-corrected chi connectivity index (χ0v) is 11.3. The molecule has 0 aromatic heterocycles. The van der Waals surface area contributed by atoms with Crippen LogP contribution in [0.25, 0.3) is 0 Å². The van der Waals surface area contributed by atoms with E-state index < -0.39 is 5.60 Å². The van der Waals surface area contributed by atoms with E-state index in [1.807, 2.05) is 34.9 Å². The number of fused-ring (bicyclic) bond motifs is 1. The average Bonchev–Trinajstić information content (AvgIpc) is 2.92. The molecular weight excluding hydrogens is 240 g/mol. The Labute approximate surface area is 113 Å². The third-order valence-electron chi connectivity index (χ3n) is 4.08. The number of rotatable bonds is 2. The fourth-order valence-electron chi connectivity index (χ4n) is 3.05. The lowest BCUT2D eigenvalue weighted by atomic mass is 10.1. The first-order valence-corrected chi connectivity index (χ1v) is 6.88. The summed E-state index contributed by atoms with van der Waals surface area (Å²) in [6.07, 6.45) is 1.69. The third kappa shape index (κ3) is 2.51. The number of likely N-dealkylation sites (tertiary alicyclic amines) is 1. The molecule has 2 aliphatic rings. The van der Waals surface area contributed by atoms with Crippen LogP contribution in [0.3, 0.4) is 0 Å². The first-order chi connectivity index (χ1) is 9.05. The Balaban J connectivity index is 1.66. The molecule has 0 bridgehead atoms. The topological polar surface area (TPSA) is 43.8 Å². The summed E-state index contributed by atoms with van der Waals surface area (Å²) in [5, 5.41) is 9.93. The van der Waals surface area contributed by atoms with Crippen molar-refractivity contribution in [2.45, 2.75) is 25.4 Å². The van der Waals surface area contributed by atoms with E-state index in [1.165, 1.54) is 5.56 Å². The van der Waals surface area contributed by atoms with Crippen molar-refractivity contribution in [1.82, 2.24) is 4.90 Å². The van der Waals surface area contributed by atoms with E-state index in [9.17, 15) is 9.90 Å². The van der Waals surface area contributed by atoms with Gasteiger partial charge in [0.1, 0.15) is 0 Å². The fourth-order valence-corrected chi connectivity index (χ4v) is 3.05. The fraction of sp³-hybridized carbons (Fsp3) is 0.533. The van der Waals surface area contributed by atoms with Crippen LogP contribution < -0.4 is 4.90 Å². The van der Waals surface area contributed by atoms with Crippen molar-refractivity contribution in [3.05, 3.63) is 29.8 Å². The molecule has 19 heavy (non-hydrogen) atoms. The molecule has 1 aromatic carbocycles. The molecule has 4 heteroatoms. The Kier molecular flexibility index (Phi) is 3.07. The van der Waals surface area contributed by atoms with Crippen molar-refractivity contribution in [2.75, 3.05) is 31.1 Å². The molecule has 0 saturated carbocycles. The number of anilines is 1. The monoisotopic (exact) mass is 260 g/mol. The molecule has 1 N–H and O–H groups in total. The number of carbonyl (C=O) groups excluding carboxylic acids is 1. The molecule has 0 radical (unpaired) electrons. The van der Waals surface area contributed by atoms with Crippen LogP contribution in [0.1, 0.15) is 18.9 Å². The highest BCUT2D eigenvalue weighted by molar-refractivity contribution is 5.96. The predicted octanol–water partition coefficient (Wildman–Crippen LogP) is 1.03. The van der Waals surface area contributed by atoms with Gasteiger partial charge in [-0.2, -0.15) is 0 Å². The Morgan fingerprint density at radius 3 is 2.89 bits per heavy atom. The second-order valence-corrected chi connectivity index (χ2v) is 5.88. The number of nitrogens with zero attached hydrogens (tertiary/aromatic N) is 2. The van der Waals surface area contributed by atoms with Crippen LogP contribution in [0.5, 0.6) is 0 Å². The van der Waals surface area contributed by atoms with Gasteiger partial charge >= 0.3 is 0 Å². The van der Waals surface area contributed by atoms with E-state index in [1.54, 1.807) is 0 Å². The second-order valence-electron chi connectivity index (χ2n) is 5.88. The molecule has 0 aliphatic carbocycles. The number of aliphatic hydroxyl groups is 1. The normalized spacial score (nSPS) is 26.7. The van der Waals surface area contributed by atoms with Crippen LogP contribution in [0.2, 0.25) is 0 Å².